The minimum Gasteiger partial charge on any atom is -0.545 e. The molecule has 4 aromatic heterocycles. The maximum absolute atomic E-state index is 12.8. The number of hydrogen-bond acceptors (Lipinski definition) is 32. The Labute approximate surface area is 925 Å². The van der Waals surface area contributed by atoms with Gasteiger partial charge in [0.1, 0.15) is 114 Å². The second kappa shape index (κ2) is 55.9. The Morgan fingerprint density at radius 2 is 0.429 bits per heavy atom. The second-order valence-corrected chi connectivity index (χ2v) is 32.1. The van der Waals surface area contributed by atoms with Gasteiger partial charge in [-0.15, -0.1) is 0 Å². The molecule has 744 valence electrons. The first kappa shape index (κ1) is 122. The fourth-order valence-electron chi connectivity index (χ4n) is 15.2. The van der Waals surface area contributed by atoms with Crippen LogP contribution in [0.15, 0.2) is 231 Å². The molecule has 0 saturated carbocycles. The van der Waals surface area contributed by atoms with Crippen LogP contribution in [-0.2, 0) is 25.7 Å². The van der Waals surface area contributed by atoms with Crippen LogP contribution >= 0.6 is 0 Å². The molecule has 39 heteroatoms. The molecule has 0 unspecified atom stereocenters. The fourth-order valence-corrected chi connectivity index (χ4v) is 15.2. The maximum atomic E-state index is 12.8. The van der Waals surface area contributed by atoms with Crippen molar-refractivity contribution in [1.29, 1.82) is 0 Å². The molecular weight excluding hydrogens is 1950 g/mol. The Hall–Kier alpha value is -13.4. The van der Waals surface area contributed by atoms with Gasteiger partial charge in [-0.3, -0.25) is 38.4 Å². The monoisotopic (exact) mass is 2050 g/mol. The van der Waals surface area contributed by atoms with Crippen LogP contribution in [0, 0.1) is 0 Å². The van der Waals surface area contributed by atoms with E-state index >= 15 is 0 Å². The normalized spacial score (nSPS) is 10.5. The van der Waals surface area contributed by atoms with Crippen molar-refractivity contribution in [3.8, 4) is 69.0 Å². The Kier molecular flexibility index (Phi) is 46.5. The fraction of sp³-hybridized carbons (Fsp3) is 0.222. The van der Waals surface area contributed by atoms with Gasteiger partial charge < -0.3 is 132 Å². The molecule has 0 fully saturated rings. The van der Waals surface area contributed by atoms with Gasteiger partial charge in [0, 0.05) is 74.2 Å². The van der Waals surface area contributed by atoms with Crippen LogP contribution in [0.2, 0.25) is 0 Å². The Balaban J connectivity index is 0.000000295. The van der Waals surface area contributed by atoms with Gasteiger partial charge in [0.05, 0.1) is 142 Å². The standard InChI is InChI=1S/4C27H24O8.4Na.3H2O/c4*1-3-16-11-20(15(2)28)22(29)14-24(16)34-10-4-9-33-18-6-7-19-25(13-18)35-23-8-5-17(27(31)32)12-21(23)26(19)30;;;;;;;/h4*5-8,11-14,29H,3-4,9-10H2,1-2H3,(H,31,32);;;;;3*1H2/q;;;;4*+1;;;/p-4. The third-order valence-corrected chi connectivity index (χ3v) is 22.5. The number of fused-ring (bicyclic) bond motifs is 8. The van der Waals surface area contributed by atoms with E-state index in [0.717, 1.165) is 22.3 Å². The molecule has 10 N–H and O–H groups in total. The summed E-state index contributed by atoms with van der Waals surface area (Å²) < 4.78 is 69.3. The number of carbonyl (C=O) groups is 8. The van der Waals surface area contributed by atoms with Crippen LogP contribution in [0.4, 0.5) is 0 Å². The summed E-state index contributed by atoms with van der Waals surface area (Å²) in [5.74, 6) is -2.63. The molecular formula is C108H98Na4O35. The molecule has 147 heavy (non-hydrogen) atoms. The third-order valence-electron chi connectivity index (χ3n) is 22.5. The third kappa shape index (κ3) is 30.0. The summed E-state index contributed by atoms with van der Waals surface area (Å²) in [6.07, 6.45) is 4.79. The van der Waals surface area contributed by atoms with Crippen LogP contribution in [-0.4, -0.2) is 137 Å². The van der Waals surface area contributed by atoms with Crippen molar-refractivity contribution < 1.29 is 269 Å². The summed E-state index contributed by atoms with van der Waals surface area (Å²) in [7, 11) is 0. The van der Waals surface area contributed by atoms with Crippen LogP contribution in [0.5, 0.6) is 69.0 Å². The smallest absolute Gasteiger partial charge is 0.545 e. The molecule has 12 aromatic carbocycles. The van der Waals surface area contributed by atoms with Crippen LogP contribution in [0.25, 0.3) is 87.8 Å². The number of aromatic hydroxyl groups is 4. The Morgan fingerprint density at radius 3 is 0.599 bits per heavy atom. The van der Waals surface area contributed by atoms with E-state index in [1.165, 1.54) is 125 Å². The molecule has 0 amide bonds. The summed E-state index contributed by atoms with van der Waals surface area (Å²) in [5, 5.41) is 86.5. The van der Waals surface area contributed by atoms with Crippen molar-refractivity contribution in [1.82, 2.24) is 0 Å². The minimum absolute atomic E-state index is 0. The Bertz CT molecular complexity index is 6940. The quantitative estimate of drug-likeness (QED) is 0.0174. The molecule has 35 nitrogen and oxygen atoms in total. The number of hydrogen-bond donors (Lipinski definition) is 4. The zero-order valence-electron chi connectivity index (χ0n) is 82.5. The van der Waals surface area contributed by atoms with E-state index in [2.05, 4.69) is 0 Å². The number of ketones is 4. The van der Waals surface area contributed by atoms with Crippen molar-refractivity contribution in [3.05, 3.63) is 302 Å². The first-order valence-corrected chi connectivity index (χ1v) is 44.5. The van der Waals surface area contributed by atoms with Gasteiger partial charge in [-0.25, -0.2) is 0 Å². The molecule has 0 aliphatic carbocycles. The molecule has 0 saturated heterocycles. The topological polar surface area (TPSA) is 599 Å². The molecule has 16 rings (SSSR count). The first-order valence-electron chi connectivity index (χ1n) is 44.5. The second-order valence-electron chi connectivity index (χ2n) is 32.1. The summed E-state index contributed by atoms with van der Waals surface area (Å²) >= 11 is 0. The van der Waals surface area contributed by atoms with Gasteiger partial charge in [0.25, 0.3) is 0 Å². The van der Waals surface area contributed by atoms with Crippen molar-refractivity contribution in [2.45, 2.75) is 107 Å². The predicted octanol–water partition coefficient (Wildman–Crippen LogP) is 0.0547. The summed E-state index contributed by atoms with van der Waals surface area (Å²) in [4.78, 5) is 142. The van der Waals surface area contributed by atoms with E-state index in [1.54, 1.807) is 97.1 Å². The zero-order chi connectivity index (χ0) is 100. The van der Waals surface area contributed by atoms with Crippen LogP contribution in [0.1, 0.15) is 186 Å². The number of carbonyl (C=O) groups excluding carboxylic acids is 8. The first-order chi connectivity index (χ1) is 67.1. The van der Waals surface area contributed by atoms with Crippen molar-refractivity contribution in [3.63, 3.8) is 0 Å². The maximum Gasteiger partial charge on any atom is 1.00 e. The van der Waals surface area contributed by atoms with E-state index in [-0.39, 0.29) is 291 Å². The van der Waals surface area contributed by atoms with Crippen molar-refractivity contribution in [2.24, 2.45) is 0 Å². The van der Waals surface area contributed by atoms with Crippen molar-refractivity contribution in [2.75, 3.05) is 52.9 Å². The van der Waals surface area contributed by atoms with Crippen LogP contribution in [0.3, 0.4) is 0 Å². The average molecular weight is 2050 g/mol. The Morgan fingerprint density at radius 1 is 0.245 bits per heavy atom. The van der Waals surface area contributed by atoms with E-state index in [4.69, 9.17) is 55.6 Å². The van der Waals surface area contributed by atoms with E-state index in [0.29, 0.717) is 194 Å². The van der Waals surface area contributed by atoms with E-state index < -0.39 is 23.9 Å². The molecule has 0 radical (unpaired) electrons. The van der Waals surface area contributed by atoms with Gasteiger partial charge in [-0.05, 0) is 243 Å². The predicted molar refractivity (Wildman–Crippen MR) is 521 cm³/mol. The number of phenols is 4. The number of Topliss-reactive ketones (excluding diaryl/α,β-unsaturated/α-hetero) is 4. The van der Waals surface area contributed by atoms with E-state index in [1.807, 2.05) is 27.7 Å². The van der Waals surface area contributed by atoms with Gasteiger partial charge in [-0.2, -0.15) is 0 Å². The molecule has 4 heterocycles. The number of carboxylic acids is 4. The number of aromatic carboxylic acids is 4. The van der Waals surface area contributed by atoms with Gasteiger partial charge >= 0.3 is 118 Å². The molecule has 0 aliphatic rings. The molecule has 16 aromatic rings. The van der Waals surface area contributed by atoms with Crippen LogP contribution < -0.4 is 198 Å². The number of aryl methyl sites for hydroxylation is 4. The summed E-state index contributed by atoms with van der Waals surface area (Å²) in [6, 6.07) is 47.7. The average Bonchev–Trinajstić information content (AvgIpc) is 0.777. The van der Waals surface area contributed by atoms with Gasteiger partial charge in [-0.1, -0.05) is 27.7 Å². The number of ether oxygens (including phenoxy) is 8. The molecule has 0 bridgehead atoms. The SMILES string of the molecule is CCc1cc(C(C)=O)c(O)cc1OCCCOc1ccc2c(=O)c3cc(C(=O)[O-])ccc3oc2c1.CCc1cc(C(C)=O)c(O)cc1OCCCOc1ccc2c(=O)c3cc(C(=O)[O-])ccc3oc2c1.CCc1cc(C(C)=O)c(O)cc1OCCCOc1ccc2c(=O)c3cc(C(=O)[O-])ccc3oc2c1.CCc1cc(C(C)=O)c(O)cc1OCCCOc1ccc2c(=O)c3cc(C(=O)[O-])ccc3oc2c1.O.O.O.[Na+].[Na+].[Na+].[Na+]. The minimum atomic E-state index is -1.37. The largest absolute Gasteiger partial charge is 1.00 e. The number of carboxylic acid groups (broad SMARTS) is 4. The molecule has 0 spiro atoms. The zero-order valence-corrected chi connectivity index (χ0v) is 90.5. The summed E-state index contributed by atoms with van der Waals surface area (Å²) in [5.41, 5.74) is 5.05. The van der Waals surface area contributed by atoms with E-state index in [9.17, 15) is 98.4 Å². The number of rotatable bonds is 36. The molecule has 0 atom stereocenters. The van der Waals surface area contributed by atoms with Gasteiger partial charge in [0.15, 0.2) is 23.1 Å². The van der Waals surface area contributed by atoms with Crippen molar-refractivity contribution >= 4 is 135 Å². The van der Waals surface area contributed by atoms with Gasteiger partial charge in [0.2, 0.25) is 21.7 Å². The molecule has 0 aliphatic heterocycles. The number of phenolic OH excluding ortho intramolecular Hbond substituents is 4. The summed E-state index contributed by atoms with van der Waals surface area (Å²) in [6.45, 7) is 16.0. The number of benzene rings is 12.